The van der Waals surface area contributed by atoms with Gasteiger partial charge in [0.1, 0.15) is 0 Å². The molecule has 248 valence electrons. The van der Waals surface area contributed by atoms with Crippen LogP contribution in [-0.4, -0.2) is 52.7 Å². The third-order valence-corrected chi connectivity index (χ3v) is 12.4. The summed E-state index contributed by atoms with van der Waals surface area (Å²) >= 11 is 1.50. The molecule has 0 saturated heterocycles. The Labute approximate surface area is 276 Å². The molecule has 10 nitrogen and oxygen atoms in total. The van der Waals surface area contributed by atoms with Crippen molar-refractivity contribution in [2.24, 2.45) is 0 Å². The summed E-state index contributed by atoms with van der Waals surface area (Å²) in [4.78, 5) is 32.3. The molecular formula is C34H45N5O5S2. The minimum Gasteiger partial charge on any atom is -0.465 e. The maximum absolute atomic E-state index is 13.8. The van der Waals surface area contributed by atoms with Crippen LogP contribution in [0, 0.1) is 0 Å². The number of nitrogens with one attached hydrogen (secondary N) is 3. The molecule has 1 aromatic heterocycles. The molecule has 0 spiro atoms. The predicted molar refractivity (Wildman–Crippen MR) is 182 cm³/mol. The van der Waals surface area contributed by atoms with Crippen LogP contribution in [-0.2, 0) is 15.4 Å². The first kappa shape index (κ1) is 33.9. The second kappa shape index (κ2) is 12.6. The van der Waals surface area contributed by atoms with E-state index in [4.69, 9.17) is 4.98 Å². The molecule has 3 aliphatic carbocycles. The van der Waals surface area contributed by atoms with E-state index in [9.17, 15) is 23.1 Å². The highest BCUT2D eigenvalue weighted by molar-refractivity contribution is 7.89. The number of hydrogen-bond acceptors (Lipinski definition) is 6. The van der Waals surface area contributed by atoms with Crippen molar-refractivity contribution in [3.8, 4) is 10.4 Å². The molecule has 1 atom stereocenters. The number of urea groups is 1. The molecule has 3 aromatic rings. The van der Waals surface area contributed by atoms with E-state index in [1.165, 1.54) is 17.4 Å². The van der Waals surface area contributed by atoms with Gasteiger partial charge in [-0.25, -0.2) is 27.7 Å². The van der Waals surface area contributed by atoms with Crippen molar-refractivity contribution in [2.45, 2.75) is 114 Å². The Morgan fingerprint density at radius 1 is 0.978 bits per heavy atom. The lowest BCUT2D eigenvalue weighted by Crippen LogP contribution is -2.61. The smallest absolute Gasteiger partial charge is 0.407 e. The summed E-state index contributed by atoms with van der Waals surface area (Å²) in [6.45, 7) is 11.1. The van der Waals surface area contributed by atoms with Gasteiger partial charge in [0, 0.05) is 40.0 Å². The highest BCUT2D eigenvalue weighted by Crippen LogP contribution is 2.57. The highest BCUT2D eigenvalue weighted by Gasteiger charge is 2.54. The van der Waals surface area contributed by atoms with Gasteiger partial charge in [0.05, 0.1) is 20.8 Å². The summed E-state index contributed by atoms with van der Waals surface area (Å²) in [5, 5.41) is 16.6. The zero-order valence-corrected chi connectivity index (χ0v) is 29.0. The van der Waals surface area contributed by atoms with Crippen LogP contribution in [0.25, 0.3) is 10.4 Å². The van der Waals surface area contributed by atoms with Gasteiger partial charge in [0.15, 0.2) is 0 Å². The zero-order chi connectivity index (χ0) is 33.5. The monoisotopic (exact) mass is 667 g/mol. The summed E-state index contributed by atoms with van der Waals surface area (Å²) in [6, 6.07) is 13.7. The minimum atomic E-state index is -3.99. The number of carbonyl (C=O) groups is 2. The average Bonchev–Trinajstić information content (AvgIpc) is 3.48. The third kappa shape index (κ3) is 6.94. The lowest BCUT2D eigenvalue weighted by molar-refractivity contribution is -0.0288. The van der Waals surface area contributed by atoms with E-state index in [0.717, 1.165) is 54.0 Å². The summed E-state index contributed by atoms with van der Waals surface area (Å²) in [5.74, 6) is 0. The normalized spacial score (nSPS) is 22.0. The standard InChI is InChI=1S/C34H45N5O5S2/c1-22(2)39(31(41)42)34-17-14-33(15-18-34,16-19-34)29-35-21-27(45-29)26-13-12-25(20-28(26)46(43,44)38-32(4,5)6)37-30(40)36-23(3)24-10-8-7-9-11-24/h7-13,20-23,38H,14-19H2,1-6H3,(H,41,42)(H2,36,37,40)/t23-,33?,34?/m1/s1. The Bertz CT molecular complexity index is 1670. The summed E-state index contributed by atoms with van der Waals surface area (Å²) in [6.07, 6.45) is 5.76. The van der Waals surface area contributed by atoms with Crippen molar-refractivity contribution in [2.75, 3.05) is 5.32 Å². The van der Waals surface area contributed by atoms with Gasteiger partial charge in [-0.05, 0) is 97.8 Å². The molecule has 2 aromatic carbocycles. The molecule has 4 N–H and O–H groups in total. The van der Waals surface area contributed by atoms with Crippen LogP contribution in [0.4, 0.5) is 15.3 Å². The molecule has 1 heterocycles. The summed E-state index contributed by atoms with van der Waals surface area (Å²) < 4.78 is 30.3. The van der Waals surface area contributed by atoms with Crippen LogP contribution in [0.5, 0.6) is 0 Å². The van der Waals surface area contributed by atoms with E-state index in [0.29, 0.717) is 11.3 Å². The number of hydrogen-bond donors (Lipinski definition) is 4. The first-order chi connectivity index (χ1) is 21.5. The lowest BCUT2D eigenvalue weighted by atomic mass is 9.57. The number of anilines is 1. The van der Waals surface area contributed by atoms with Gasteiger partial charge < -0.3 is 20.6 Å². The number of amides is 3. The summed E-state index contributed by atoms with van der Waals surface area (Å²) in [7, 11) is -3.99. The molecule has 3 fully saturated rings. The van der Waals surface area contributed by atoms with Gasteiger partial charge in [-0.15, -0.1) is 11.3 Å². The number of carboxylic acid groups (broad SMARTS) is 1. The Balaban J connectivity index is 1.41. The SMILES string of the molecule is CC(C)N(C(=O)O)C12CCC(c3ncc(-c4ccc(NC(=O)N[C@H](C)c5ccccc5)cc4S(=O)(=O)NC(C)(C)C)s3)(CC1)CC2. The number of carbonyl (C=O) groups excluding carboxylic acids is 1. The predicted octanol–water partition coefficient (Wildman–Crippen LogP) is 7.50. The lowest BCUT2D eigenvalue weighted by Gasteiger charge is -2.57. The van der Waals surface area contributed by atoms with Gasteiger partial charge >= 0.3 is 12.1 Å². The maximum Gasteiger partial charge on any atom is 0.407 e. The first-order valence-electron chi connectivity index (χ1n) is 15.8. The molecule has 2 bridgehead atoms. The minimum absolute atomic E-state index is 0.0596. The number of nitrogens with zero attached hydrogens (tertiary/aromatic N) is 2. The van der Waals surface area contributed by atoms with Crippen molar-refractivity contribution in [3.63, 3.8) is 0 Å². The van der Waals surface area contributed by atoms with Crippen LogP contribution >= 0.6 is 11.3 Å². The molecule has 46 heavy (non-hydrogen) atoms. The summed E-state index contributed by atoms with van der Waals surface area (Å²) in [5.41, 5.74) is 0.601. The second-order valence-corrected chi connectivity index (χ2v) is 16.8. The average molecular weight is 668 g/mol. The molecule has 0 unspecified atom stereocenters. The number of benzene rings is 2. The van der Waals surface area contributed by atoms with Crippen LogP contribution in [0.2, 0.25) is 0 Å². The molecule has 3 amide bonds. The van der Waals surface area contributed by atoms with Crippen molar-refractivity contribution in [1.82, 2.24) is 19.9 Å². The van der Waals surface area contributed by atoms with Crippen LogP contribution < -0.4 is 15.4 Å². The topological polar surface area (TPSA) is 141 Å². The van der Waals surface area contributed by atoms with Crippen LogP contribution in [0.15, 0.2) is 59.6 Å². The van der Waals surface area contributed by atoms with E-state index in [2.05, 4.69) is 15.4 Å². The molecule has 12 heteroatoms. The Kier molecular flexibility index (Phi) is 9.29. The highest BCUT2D eigenvalue weighted by atomic mass is 32.2. The van der Waals surface area contributed by atoms with Gasteiger partial charge in [0.25, 0.3) is 0 Å². The van der Waals surface area contributed by atoms with E-state index in [-0.39, 0.29) is 27.9 Å². The number of thiazole rings is 1. The number of aromatic nitrogens is 1. The van der Waals surface area contributed by atoms with Crippen molar-refractivity contribution >= 4 is 39.2 Å². The molecule has 0 aliphatic heterocycles. The molecule has 0 radical (unpaired) electrons. The molecule has 3 saturated carbocycles. The molecule has 3 aliphatic rings. The van der Waals surface area contributed by atoms with Gasteiger partial charge in [-0.1, -0.05) is 36.4 Å². The Hall–Kier alpha value is -3.48. The Morgan fingerprint density at radius 3 is 2.17 bits per heavy atom. The van der Waals surface area contributed by atoms with Crippen molar-refractivity contribution in [3.05, 3.63) is 65.3 Å². The van der Waals surface area contributed by atoms with Crippen LogP contribution in [0.1, 0.15) is 96.7 Å². The molecule has 6 rings (SSSR count). The third-order valence-electron chi connectivity index (χ3n) is 9.28. The van der Waals surface area contributed by atoms with Gasteiger partial charge in [-0.3, -0.25) is 0 Å². The van der Waals surface area contributed by atoms with Crippen molar-refractivity contribution in [1.29, 1.82) is 0 Å². The fourth-order valence-corrected chi connectivity index (χ4v) is 10.1. The van der Waals surface area contributed by atoms with E-state index in [1.54, 1.807) is 44.0 Å². The van der Waals surface area contributed by atoms with Gasteiger partial charge in [0.2, 0.25) is 10.0 Å². The van der Waals surface area contributed by atoms with E-state index >= 15 is 0 Å². The second-order valence-electron chi connectivity index (χ2n) is 14.1. The van der Waals surface area contributed by atoms with E-state index in [1.807, 2.05) is 51.1 Å². The van der Waals surface area contributed by atoms with Crippen molar-refractivity contribution < 1.29 is 23.1 Å². The fraction of sp³-hybridized carbons (Fsp3) is 0.500. The number of rotatable bonds is 9. The first-order valence-corrected chi connectivity index (χ1v) is 18.1. The molecular weight excluding hydrogens is 623 g/mol. The Morgan fingerprint density at radius 2 is 1.61 bits per heavy atom. The largest absolute Gasteiger partial charge is 0.465 e. The number of fused-ring (bicyclic) bond motifs is 3. The number of sulfonamides is 1. The zero-order valence-electron chi connectivity index (χ0n) is 27.4. The van der Waals surface area contributed by atoms with Crippen LogP contribution in [0.3, 0.4) is 0 Å². The van der Waals surface area contributed by atoms with E-state index < -0.39 is 27.7 Å². The maximum atomic E-state index is 13.8. The quantitative estimate of drug-likeness (QED) is 0.186. The fourth-order valence-electron chi connectivity index (χ4n) is 7.14. The van der Waals surface area contributed by atoms with Gasteiger partial charge in [-0.2, -0.15) is 0 Å².